The molecule has 1 unspecified atom stereocenters. The molecule has 0 spiro atoms. The maximum atomic E-state index is 12.9. The van der Waals surface area contributed by atoms with Gasteiger partial charge in [0.1, 0.15) is 12.4 Å². The summed E-state index contributed by atoms with van der Waals surface area (Å²) in [5.74, 6) is 1.57. The van der Waals surface area contributed by atoms with Gasteiger partial charge in [-0.2, -0.15) is 0 Å². The lowest BCUT2D eigenvalue weighted by Crippen LogP contribution is -2.40. The predicted octanol–water partition coefficient (Wildman–Crippen LogP) is 5.35. The van der Waals surface area contributed by atoms with Gasteiger partial charge in [-0.25, -0.2) is 13.2 Å². The Morgan fingerprint density at radius 2 is 1.82 bits per heavy atom. The van der Waals surface area contributed by atoms with Gasteiger partial charge in [-0.05, 0) is 85.3 Å². The summed E-state index contributed by atoms with van der Waals surface area (Å²) in [5.41, 5.74) is 3.73. The van der Waals surface area contributed by atoms with Crippen LogP contribution in [0.2, 0.25) is 0 Å². The van der Waals surface area contributed by atoms with Crippen LogP contribution >= 0.6 is 0 Å². The summed E-state index contributed by atoms with van der Waals surface area (Å²) in [6, 6.07) is 15.3. The van der Waals surface area contributed by atoms with Gasteiger partial charge in [-0.3, -0.25) is 14.4 Å². The number of hydrogen-bond acceptors (Lipinski definition) is 5. The molecule has 2 aliphatic carbocycles. The summed E-state index contributed by atoms with van der Waals surface area (Å²) in [7, 11) is -3.50. The van der Waals surface area contributed by atoms with Crippen LogP contribution in [0.15, 0.2) is 66.8 Å². The molecule has 206 valence electrons. The minimum absolute atomic E-state index is 0.177. The molecule has 5 rings (SSSR count). The van der Waals surface area contributed by atoms with Crippen LogP contribution in [0.3, 0.4) is 0 Å². The fourth-order valence-electron chi connectivity index (χ4n) is 5.85. The van der Waals surface area contributed by atoms with Crippen LogP contribution in [0.5, 0.6) is 5.75 Å². The molecule has 2 N–H and O–H groups in total. The molecule has 0 aromatic heterocycles. The van der Waals surface area contributed by atoms with E-state index in [4.69, 9.17) is 4.74 Å². The Morgan fingerprint density at radius 1 is 1.05 bits per heavy atom. The molecule has 2 aromatic rings. The maximum Gasteiger partial charge on any atom is 0.326 e. The third-order valence-corrected chi connectivity index (χ3v) is 8.43. The second-order valence-corrected chi connectivity index (χ2v) is 12.4. The highest BCUT2D eigenvalue weighted by Gasteiger charge is 2.29. The monoisotopic (exact) mass is 549 g/mol. The molecule has 2 aromatic carbocycles. The lowest BCUT2D eigenvalue weighted by Gasteiger charge is -2.33. The quantitative estimate of drug-likeness (QED) is 0.506. The summed E-state index contributed by atoms with van der Waals surface area (Å²) in [6.45, 7) is 0.925. The molecule has 9 heteroatoms. The van der Waals surface area contributed by atoms with Crippen molar-refractivity contribution in [3.8, 4) is 5.75 Å². The number of anilines is 2. The highest BCUT2D eigenvalue weighted by Crippen LogP contribution is 2.40. The van der Waals surface area contributed by atoms with E-state index >= 15 is 0 Å². The summed E-state index contributed by atoms with van der Waals surface area (Å²) < 4.78 is 30.6. The van der Waals surface area contributed by atoms with Gasteiger partial charge >= 0.3 is 6.03 Å². The number of ether oxygens (including phenoxy) is 1. The molecule has 39 heavy (non-hydrogen) atoms. The highest BCUT2D eigenvalue weighted by molar-refractivity contribution is 7.89. The third kappa shape index (κ3) is 6.89. The van der Waals surface area contributed by atoms with Crippen LogP contribution in [0.25, 0.3) is 5.57 Å². The van der Waals surface area contributed by atoms with Gasteiger partial charge < -0.3 is 10.1 Å². The number of allylic oxidation sites excluding steroid dienone is 4. The molecule has 0 saturated heterocycles. The van der Waals surface area contributed by atoms with Crippen LogP contribution in [-0.4, -0.2) is 39.8 Å². The van der Waals surface area contributed by atoms with Crippen molar-refractivity contribution in [2.75, 3.05) is 29.6 Å². The zero-order chi connectivity index (χ0) is 27.4. The average Bonchev–Trinajstić information content (AvgIpc) is 2.92. The second kappa shape index (κ2) is 11.7. The zero-order valence-corrected chi connectivity index (χ0v) is 23.0. The van der Waals surface area contributed by atoms with Gasteiger partial charge in [0.15, 0.2) is 0 Å². The number of fused-ring (bicyclic) bond motifs is 1. The number of urea groups is 1. The lowest BCUT2D eigenvalue weighted by atomic mass is 9.72. The van der Waals surface area contributed by atoms with Crippen LogP contribution in [0.4, 0.5) is 16.2 Å². The number of carbonyl (C=O) groups excluding carboxylic acids is 2. The molecule has 3 amide bonds. The van der Waals surface area contributed by atoms with Crippen molar-refractivity contribution in [2.24, 2.45) is 17.8 Å². The van der Waals surface area contributed by atoms with E-state index < -0.39 is 15.9 Å². The van der Waals surface area contributed by atoms with Crippen molar-refractivity contribution in [1.29, 1.82) is 0 Å². The Balaban J connectivity index is 1.16. The Morgan fingerprint density at radius 3 is 2.51 bits per heavy atom. The number of para-hydroxylation sites is 1. The van der Waals surface area contributed by atoms with Crippen LogP contribution in [0, 0.1) is 17.8 Å². The van der Waals surface area contributed by atoms with Gasteiger partial charge in [-0.1, -0.05) is 42.5 Å². The van der Waals surface area contributed by atoms with E-state index in [1.54, 1.807) is 4.90 Å². The highest BCUT2D eigenvalue weighted by atomic mass is 32.2. The SMILES string of the molecule is CS(=O)(=O)NC(=O)CC1CCC(C2C=CC(c3ccc4c(c3)OCCN4C(=O)Nc3ccccc3)=CC2)CC1. The van der Waals surface area contributed by atoms with Crippen LogP contribution < -0.4 is 19.7 Å². The lowest BCUT2D eigenvalue weighted by molar-refractivity contribution is -0.120. The molecule has 1 fully saturated rings. The van der Waals surface area contributed by atoms with Crippen molar-refractivity contribution in [3.05, 3.63) is 72.3 Å². The third-order valence-electron chi connectivity index (χ3n) is 7.83. The summed E-state index contributed by atoms with van der Waals surface area (Å²) in [6.07, 6.45) is 13.0. The topological polar surface area (TPSA) is 105 Å². The first-order valence-corrected chi connectivity index (χ1v) is 15.4. The summed E-state index contributed by atoms with van der Waals surface area (Å²) in [5, 5.41) is 2.95. The van der Waals surface area contributed by atoms with E-state index in [9.17, 15) is 18.0 Å². The van der Waals surface area contributed by atoms with E-state index in [1.165, 1.54) is 0 Å². The van der Waals surface area contributed by atoms with Gasteiger partial charge in [0.25, 0.3) is 0 Å². The number of rotatable bonds is 6. The largest absolute Gasteiger partial charge is 0.490 e. The van der Waals surface area contributed by atoms with Crippen molar-refractivity contribution >= 4 is 38.9 Å². The minimum Gasteiger partial charge on any atom is -0.490 e. The van der Waals surface area contributed by atoms with Gasteiger partial charge in [0.2, 0.25) is 15.9 Å². The number of sulfonamides is 1. The number of benzene rings is 2. The first kappa shape index (κ1) is 27.0. The smallest absolute Gasteiger partial charge is 0.326 e. The number of nitrogens with zero attached hydrogens (tertiary/aromatic N) is 1. The Bertz CT molecular complexity index is 1380. The molecule has 1 saturated carbocycles. The molecule has 0 bridgehead atoms. The van der Waals surface area contributed by atoms with Crippen molar-refractivity contribution in [1.82, 2.24) is 4.72 Å². The first-order valence-electron chi connectivity index (χ1n) is 13.5. The Labute approximate surface area is 230 Å². The Hall–Kier alpha value is -3.59. The van der Waals surface area contributed by atoms with E-state index in [0.29, 0.717) is 30.7 Å². The van der Waals surface area contributed by atoms with Gasteiger partial charge in [0, 0.05) is 12.1 Å². The summed E-state index contributed by atoms with van der Waals surface area (Å²) in [4.78, 5) is 26.6. The molecule has 0 radical (unpaired) electrons. The molecular formula is C30H35N3O5S. The van der Waals surface area contributed by atoms with E-state index in [2.05, 4.69) is 28.3 Å². The second-order valence-electron chi connectivity index (χ2n) is 10.7. The van der Waals surface area contributed by atoms with Crippen LogP contribution in [-0.2, 0) is 14.8 Å². The summed E-state index contributed by atoms with van der Waals surface area (Å²) >= 11 is 0. The fourth-order valence-corrected chi connectivity index (χ4v) is 6.35. The number of amides is 3. The van der Waals surface area contributed by atoms with E-state index in [1.807, 2.05) is 48.5 Å². The predicted molar refractivity (Wildman–Crippen MR) is 153 cm³/mol. The van der Waals surface area contributed by atoms with E-state index in [0.717, 1.165) is 60.9 Å². The first-order chi connectivity index (χ1) is 18.7. The minimum atomic E-state index is -3.50. The standard InChI is InChI=1S/C30H35N3O5S/c1-39(36,37)32-29(34)19-21-7-9-22(10-8-21)23-11-13-24(14-12-23)25-15-16-27-28(20-25)38-18-17-33(27)30(35)31-26-5-3-2-4-6-26/h2-6,11,13-16,20-23H,7-10,12,17-19H2,1H3,(H,31,35)(H,32,34). The van der Waals surface area contributed by atoms with Crippen LogP contribution in [0.1, 0.15) is 44.1 Å². The average molecular weight is 550 g/mol. The van der Waals surface area contributed by atoms with E-state index in [-0.39, 0.29) is 18.4 Å². The molecule has 3 aliphatic rings. The number of hydrogen-bond donors (Lipinski definition) is 2. The molecule has 1 heterocycles. The molecule has 1 aliphatic heterocycles. The zero-order valence-electron chi connectivity index (χ0n) is 22.1. The van der Waals surface area contributed by atoms with Gasteiger partial charge in [-0.15, -0.1) is 0 Å². The Kier molecular flexibility index (Phi) is 8.07. The van der Waals surface area contributed by atoms with Crippen molar-refractivity contribution in [3.63, 3.8) is 0 Å². The van der Waals surface area contributed by atoms with Crippen molar-refractivity contribution < 1.29 is 22.7 Å². The molecule has 1 atom stereocenters. The number of carbonyl (C=O) groups is 2. The number of nitrogens with one attached hydrogen (secondary N) is 2. The molecular weight excluding hydrogens is 514 g/mol. The van der Waals surface area contributed by atoms with Gasteiger partial charge in [0.05, 0.1) is 18.5 Å². The normalized spacial score (nSPS) is 22.7. The molecule has 8 nitrogen and oxygen atoms in total. The fraction of sp³-hybridized carbons (Fsp3) is 0.400. The maximum absolute atomic E-state index is 12.9. The van der Waals surface area contributed by atoms with Crippen molar-refractivity contribution in [2.45, 2.75) is 38.5 Å².